The molecule has 22 heteroatoms. The predicted octanol–water partition coefficient (Wildman–Crippen LogP) is -1.71. The van der Waals surface area contributed by atoms with E-state index in [0.717, 1.165) is 32.1 Å². The highest BCUT2D eigenvalue weighted by Crippen LogP contribution is 2.70. The van der Waals surface area contributed by atoms with Crippen molar-refractivity contribution in [1.29, 1.82) is 0 Å². The van der Waals surface area contributed by atoms with E-state index in [9.17, 15) is 61.3 Å². The summed E-state index contributed by atoms with van der Waals surface area (Å²) < 4.78 is 61.1. The number of methoxy groups -OCH3 is 1. The minimum absolute atomic E-state index is 0.00550. The summed E-state index contributed by atoms with van der Waals surface area (Å²) in [6.45, 7) is 8.29. The van der Waals surface area contributed by atoms with Crippen LogP contribution in [0, 0.1) is 46.3 Å². The van der Waals surface area contributed by atoms with Crippen LogP contribution in [0.15, 0.2) is 11.6 Å². The van der Waals surface area contributed by atoms with Crippen molar-refractivity contribution >= 4 is 0 Å². The van der Waals surface area contributed by atoms with Crippen molar-refractivity contribution in [3.8, 4) is 0 Å². The van der Waals surface area contributed by atoms with Crippen LogP contribution in [0.5, 0.6) is 0 Å². The Kier molecular flexibility index (Phi) is 16.9. The molecule has 73 heavy (non-hydrogen) atoms. The smallest absolute Gasteiger partial charge is 0.187 e. The molecule has 22 nitrogen and oxygen atoms in total. The van der Waals surface area contributed by atoms with Crippen molar-refractivity contribution in [3.63, 3.8) is 0 Å². The number of aliphatic hydroxyl groups is 12. The first-order valence-electron chi connectivity index (χ1n) is 26.7. The topological polar surface area (TPSA) is 335 Å². The number of hydrogen-bond acceptors (Lipinski definition) is 22. The van der Waals surface area contributed by atoms with E-state index in [-0.39, 0.29) is 41.3 Å². The molecule has 0 bridgehead atoms. The SMILES string of the molecule is CO[C@]1(CC[C@@H](C)CO[C@@H]2O[C@H](CO)[C@@H](O)[C@H](O)[C@H]2O)O[C@H]2C[C@H]3[C@@H]4CC=C5C[C@@H](O[C@@H]6O[C@H](CO)[C@@H](O[C@@H]7O[C@@H](C)[C@H](O)[C@@H](O)[C@H]7O)[C@H](O)[C@H]6O[C@@H]6OC[C@](O)(CO)[C@H]6O)CC[C@]5(C)[C@H]4CC[C@]3(C)[C@H]2[C@@H]1C. The lowest BCUT2D eigenvalue weighted by atomic mass is 9.47. The van der Waals surface area contributed by atoms with Gasteiger partial charge in [-0.15, -0.1) is 0 Å². The van der Waals surface area contributed by atoms with Crippen molar-refractivity contribution in [3.05, 3.63) is 11.6 Å². The molecule has 0 radical (unpaired) electrons. The first-order chi connectivity index (χ1) is 34.6. The number of ether oxygens (including phenoxy) is 10. The third-order valence-corrected chi connectivity index (χ3v) is 19.5. The fourth-order valence-corrected chi connectivity index (χ4v) is 15.0. The van der Waals surface area contributed by atoms with Crippen LogP contribution in [0.4, 0.5) is 0 Å². The molecule has 5 heterocycles. The van der Waals surface area contributed by atoms with Crippen molar-refractivity contribution in [2.75, 3.05) is 40.1 Å². The molecule has 0 aromatic carbocycles. The number of rotatable bonds is 16. The number of aliphatic hydroxyl groups excluding tert-OH is 11. The Morgan fingerprint density at radius 2 is 1.42 bits per heavy atom. The molecule has 420 valence electrons. The second-order valence-corrected chi connectivity index (χ2v) is 23.7. The molecule has 29 atom stereocenters. The van der Waals surface area contributed by atoms with Gasteiger partial charge in [-0.3, -0.25) is 0 Å². The minimum Gasteiger partial charge on any atom is -0.394 e. The predicted molar refractivity (Wildman–Crippen MR) is 249 cm³/mol. The van der Waals surface area contributed by atoms with Crippen LogP contribution >= 0.6 is 0 Å². The molecule has 0 spiro atoms. The molecular formula is C51H84O22. The highest BCUT2D eigenvalue weighted by molar-refractivity contribution is 5.26. The average molecular weight is 1050 g/mol. The van der Waals surface area contributed by atoms with Gasteiger partial charge in [0, 0.05) is 19.4 Å². The molecule has 0 unspecified atom stereocenters. The van der Waals surface area contributed by atoms with E-state index < -0.39 is 148 Å². The average Bonchev–Trinajstić information content (AvgIpc) is 3.96. The van der Waals surface area contributed by atoms with Crippen molar-refractivity contribution < 1.29 is 109 Å². The Balaban J connectivity index is 0.849. The van der Waals surface area contributed by atoms with E-state index in [0.29, 0.717) is 43.4 Å². The molecular weight excluding hydrogens is 965 g/mol. The molecule has 0 amide bonds. The Morgan fingerprint density at radius 1 is 0.740 bits per heavy atom. The maximum Gasteiger partial charge on any atom is 0.187 e. The van der Waals surface area contributed by atoms with Gasteiger partial charge in [0.2, 0.25) is 0 Å². The second kappa shape index (κ2) is 21.8. The first kappa shape index (κ1) is 56.6. The lowest BCUT2D eigenvalue weighted by Gasteiger charge is -2.58. The highest BCUT2D eigenvalue weighted by atomic mass is 16.8. The second-order valence-electron chi connectivity index (χ2n) is 23.7. The number of allylic oxidation sites excluding steroid dienone is 1. The summed E-state index contributed by atoms with van der Waals surface area (Å²) in [6, 6.07) is 0. The molecule has 8 fully saturated rings. The van der Waals surface area contributed by atoms with Crippen LogP contribution in [0.25, 0.3) is 0 Å². The van der Waals surface area contributed by atoms with Gasteiger partial charge in [-0.05, 0) is 98.7 Å². The zero-order valence-corrected chi connectivity index (χ0v) is 42.9. The zero-order chi connectivity index (χ0) is 52.7. The van der Waals surface area contributed by atoms with Gasteiger partial charge in [0.25, 0.3) is 0 Å². The summed E-state index contributed by atoms with van der Waals surface area (Å²) in [6.07, 6.45) is -15.3. The third kappa shape index (κ3) is 9.94. The molecule has 3 saturated carbocycles. The van der Waals surface area contributed by atoms with Crippen LogP contribution in [-0.2, 0) is 47.4 Å². The fourth-order valence-electron chi connectivity index (χ4n) is 15.0. The van der Waals surface area contributed by atoms with Crippen LogP contribution in [0.3, 0.4) is 0 Å². The van der Waals surface area contributed by atoms with Crippen LogP contribution in [0.1, 0.15) is 92.4 Å². The Labute approximate surface area is 426 Å². The molecule has 5 saturated heterocycles. The Hall–Kier alpha value is -1.14. The van der Waals surface area contributed by atoms with Gasteiger partial charge in [-0.2, -0.15) is 0 Å². The molecule has 9 rings (SSSR count). The van der Waals surface area contributed by atoms with Crippen LogP contribution in [0.2, 0.25) is 0 Å². The van der Waals surface area contributed by atoms with Gasteiger partial charge in [0.15, 0.2) is 30.9 Å². The standard InChI is InChI=1S/C51H84O22/c1-22(19-65-44-38(59)37(58)35(56)31(17-52)69-44)9-14-51(64-6)23(2)33-30(73-51)16-29-27-8-7-25-15-26(10-12-48(25,4)28(27)11-13-49(29,33)5)68-46-42(72-47-43(62)50(63,20-54)21-66-47)40(61)41(32(18-53)70-46)71-45-39(60)36(57)34(55)24(3)67-45/h7,22-24,26-47,52-63H,8-21H2,1-6H3/t22-,23+,24+,26+,27-,28+,29+,30+,31-,32-,33+,34+,35-,36-,37+,38-,39-,40+,41-,42-,43+,44-,45+,46-,47+,48+,49+,50-,51-/m1/s1. The van der Waals surface area contributed by atoms with Crippen molar-refractivity contribution in [1.82, 2.24) is 0 Å². The highest BCUT2D eigenvalue weighted by Gasteiger charge is 2.68. The van der Waals surface area contributed by atoms with E-state index in [1.807, 2.05) is 6.92 Å². The van der Waals surface area contributed by atoms with Crippen molar-refractivity contribution in [2.45, 2.75) is 221 Å². The maximum atomic E-state index is 12.0. The number of fused-ring (bicyclic) bond motifs is 7. The van der Waals surface area contributed by atoms with E-state index in [1.165, 1.54) is 12.5 Å². The third-order valence-electron chi connectivity index (χ3n) is 19.5. The van der Waals surface area contributed by atoms with Crippen LogP contribution < -0.4 is 0 Å². The Bertz CT molecular complexity index is 1900. The summed E-state index contributed by atoms with van der Waals surface area (Å²) in [7, 11) is 1.72. The molecule has 0 aromatic heterocycles. The molecule has 0 aromatic rings. The van der Waals surface area contributed by atoms with E-state index in [4.69, 9.17) is 47.4 Å². The fraction of sp³-hybridized carbons (Fsp3) is 0.961. The lowest BCUT2D eigenvalue weighted by molar-refractivity contribution is -0.375. The Morgan fingerprint density at radius 3 is 2.11 bits per heavy atom. The van der Waals surface area contributed by atoms with Crippen molar-refractivity contribution in [2.24, 2.45) is 46.3 Å². The molecule has 4 aliphatic carbocycles. The summed E-state index contributed by atoms with van der Waals surface area (Å²) in [5.41, 5.74) is -0.851. The monoisotopic (exact) mass is 1050 g/mol. The van der Waals surface area contributed by atoms with Gasteiger partial charge in [-0.25, -0.2) is 0 Å². The molecule has 5 aliphatic heterocycles. The van der Waals surface area contributed by atoms with Crippen LogP contribution in [-0.4, -0.2) is 230 Å². The summed E-state index contributed by atoms with van der Waals surface area (Å²) in [4.78, 5) is 0. The summed E-state index contributed by atoms with van der Waals surface area (Å²) in [5.74, 6) is 0.895. The minimum atomic E-state index is -2.05. The normalized spacial score (nSPS) is 54.3. The zero-order valence-electron chi connectivity index (χ0n) is 42.9. The quantitative estimate of drug-likeness (QED) is 0.0766. The van der Waals surface area contributed by atoms with Gasteiger partial charge in [0.05, 0.1) is 51.3 Å². The van der Waals surface area contributed by atoms with Gasteiger partial charge in [0.1, 0.15) is 78.8 Å². The summed E-state index contributed by atoms with van der Waals surface area (Å²) in [5, 5.41) is 126. The first-order valence-corrected chi connectivity index (χ1v) is 26.7. The van der Waals surface area contributed by atoms with Gasteiger partial charge >= 0.3 is 0 Å². The van der Waals surface area contributed by atoms with E-state index in [2.05, 4.69) is 26.8 Å². The molecule has 9 aliphatic rings. The van der Waals surface area contributed by atoms with Gasteiger partial charge < -0.3 is 109 Å². The molecule has 12 N–H and O–H groups in total. The van der Waals surface area contributed by atoms with E-state index in [1.54, 1.807) is 7.11 Å². The van der Waals surface area contributed by atoms with Gasteiger partial charge in [-0.1, -0.05) is 39.3 Å². The maximum absolute atomic E-state index is 12.0. The van der Waals surface area contributed by atoms with E-state index >= 15 is 0 Å². The summed E-state index contributed by atoms with van der Waals surface area (Å²) >= 11 is 0. The largest absolute Gasteiger partial charge is 0.394 e. The lowest BCUT2D eigenvalue weighted by Crippen LogP contribution is -2.65. The number of hydrogen-bond donors (Lipinski definition) is 12.